The zero-order chi connectivity index (χ0) is 17.9. The average Bonchev–Trinajstić information content (AvgIpc) is 2.58. The van der Waals surface area contributed by atoms with Crippen LogP contribution in [-0.4, -0.2) is 22.5 Å². The van der Waals surface area contributed by atoms with Gasteiger partial charge in [-0.3, -0.25) is 9.59 Å². The Morgan fingerprint density at radius 1 is 1.12 bits per heavy atom. The first-order valence-corrected chi connectivity index (χ1v) is 8.39. The molecule has 0 radical (unpaired) electrons. The molecule has 0 saturated carbocycles. The lowest BCUT2D eigenvalue weighted by Gasteiger charge is -2.44. The first-order chi connectivity index (χ1) is 11.0. The van der Waals surface area contributed by atoms with Gasteiger partial charge in [0, 0.05) is 23.0 Å². The summed E-state index contributed by atoms with van der Waals surface area (Å²) in [6.45, 7) is 9.79. The largest absolute Gasteiger partial charge is 0.504 e. The van der Waals surface area contributed by atoms with Crippen LogP contribution < -0.4 is 0 Å². The molecule has 24 heavy (non-hydrogen) atoms. The van der Waals surface area contributed by atoms with Crippen LogP contribution in [0.5, 0.6) is 0 Å². The smallest absolute Gasteiger partial charge is 0.307 e. The number of carbonyl (C=O) groups is 2. The molecule has 0 amide bonds. The fourth-order valence-electron chi connectivity index (χ4n) is 4.05. The highest BCUT2D eigenvalue weighted by Gasteiger charge is 2.49. The summed E-state index contributed by atoms with van der Waals surface area (Å²) in [6.07, 6.45) is 6.41. The summed E-state index contributed by atoms with van der Waals surface area (Å²) < 4.78 is 5.68. The third-order valence-electron chi connectivity index (χ3n) is 5.21. The summed E-state index contributed by atoms with van der Waals surface area (Å²) in [4.78, 5) is 24.5. The Morgan fingerprint density at radius 3 is 2.42 bits per heavy atom. The molecule has 1 aliphatic heterocycles. The van der Waals surface area contributed by atoms with Crippen LogP contribution in [0.15, 0.2) is 46.3 Å². The Morgan fingerprint density at radius 2 is 1.79 bits per heavy atom. The van der Waals surface area contributed by atoms with Gasteiger partial charge in [0.25, 0.3) is 0 Å². The number of ketones is 1. The normalized spacial score (nSPS) is 29.2. The molecule has 0 aromatic heterocycles. The summed E-state index contributed by atoms with van der Waals surface area (Å²) in [6, 6.07) is 0. The van der Waals surface area contributed by atoms with Gasteiger partial charge < -0.3 is 9.84 Å². The van der Waals surface area contributed by atoms with E-state index in [-0.39, 0.29) is 28.8 Å². The number of rotatable bonds is 1. The molecule has 3 rings (SSSR count). The van der Waals surface area contributed by atoms with E-state index in [2.05, 4.69) is 0 Å². The average molecular weight is 328 g/mol. The number of hydrogen-bond acceptors (Lipinski definition) is 4. The van der Waals surface area contributed by atoms with Crippen LogP contribution in [0.3, 0.4) is 0 Å². The van der Waals surface area contributed by atoms with Gasteiger partial charge in [0.1, 0.15) is 5.60 Å². The van der Waals surface area contributed by atoms with Gasteiger partial charge in [-0.05, 0) is 30.1 Å². The fraction of sp³-hybridized carbons (Fsp3) is 0.500. The molecule has 0 aromatic rings. The van der Waals surface area contributed by atoms with E-state index in [9.17, 15) is 14.7 Å². The van der Waals surface area contributed by atoms with E-state index in [0.29, 0.717) is 24.0 Å². The van der Waals surface area contributed by atoms with Crippen LogP contribution >= 0.6 is 0 Å². The molecule has 0 aromatic carbocycles. The van der Waals surface area contributed by atoms with E-state index in [4.69, 9.17) is 4.74 Å². The van der Waals surface area contributed by atoms with E-state index >= 15 is 0 Å². The maximum absolute atomic E-state index is 12.5. The van der Waals surface area contributed by atoms with Crippen molar-refractivity contribution in [2.45, 2.75) is 53.1 Å². The van der Waals surface area contributed by atoms with Crippen molar-refractivity contribution in [3.8, 4) is 0 Å². The van der Waals surface area contributed by atoms with Crippen molar-refractivity contribution in [1.82, 2.24) is 0 Å². The van der Waals surface area contributed by atoms with E-state index in [0.717, 1.165) is 11.1 Å². The molecule has 4 heteroatoms. The van der Waals surface area contributed by atoms with Crippen LogP contribution in [0.25, 0.3) is 0 Å². The van der Waals surface area contributed by atoms with E-state index in [1.54, 1.807) is 0 Å². The van der Waals surface area contributed by atoms with Crippen molar-refractivity contribution < 1.29 is 19.4 Å². The molecule has 1 saturated heterocycles. The van der Waals surface area contributed by atoms with Crippen molar-refractivity contribution >= 4 is 11.8 Å². The molecule has 1 N–H and O–H groups in total. The molecule has 0 spiro atoms. The SMILES string of the molecule is CC(C)C1=CC2=CC=C3C(C)(C)CC(=O)O[C@]3(C)CC2=C(O)C1=O. The standard InChI is InChI=1S/C20H24O4/c1-11(2)13-8-12-6-7-15-19(3,4)10-16(21)24-20(15,5)9-14(12)18(23)17(13)22/h6-8,11,23H,9-10H2,1-5H3/t20-/m1/s1. The topological polar surface area (TPSA) is 63.6 Å². The van der Waals surface area contributed by atoms with E-state index < -0.39 is 5.60 Å². The third kappa shape index (κ3) is 2.45. The molecular weight excluding hydrogens is 304 g/mol. The number of Topliss-reactive ketones (excluding diaryl/α,β-unsaturated/α-hetero) is 1. The molecule has 128 valence electrons. The van der Waals surface area contributed by atoms with Crippen molar-refractivity contribution in [1.29, 1.82) is 0 Å². The van der Waals surface area contributed by atoms with Gasteiger partial charge >= 0.3 is 5.97 Å². The molecule has 0 bridgehead atoms. The predicted octanol–water partition coefficient (Wildman–Crippen LogP) is 3.95. The maximum atomic E-state index is 12.5. The molecule has 1 fully saturated rings. The lowest BCUT2D eigenvalue weighted by Crippen LogP contribution is -2.46. The second-order valence-electron chi connectivity index (χ2n) is 8.06. The number of allylic oxidation sites excluding steroid dienone is 5. The van der Waals surface area contributed by atoms with Gasteiger partial charge in [0.15, 0.2) is 5.76 Å². The highest BCUT2D eigenvalue weighted by molar-refractivity contribution is 6.09. The number of hydrogen-bond donors (Lipinski definition) is 1. The van der Waals surface area contributed by atoms with Crippen molar-refractivity contribution in [3.05, 3.63) is 46.3 Å². The molecular formula is C20H24O4. The molecule has 3 aliphatic rings. The zero-order valence-corrected chi connectivity index (χ0v) is 14.9. The Balaban J connectivity index is 2.15. The summed E-state index contributed by atoms with van der Waals surface area (Å²) in [5.41, 5.74) is 1.84. The Hall–Kier alpha value is -2.10. The number of fused-ring (bicyclic) bond motifs is 2. The third-order valence-corrected chi connectivity index (χ3v) is 5.21. The van der Waals surface area contributed by atoms with Crippen LogP contribution in [0, 0.1) is 11.3 Å². The van der Waals surface area contributed by atoms with Gasteiger partial charge in [-0.25, -0.2) is 0 Å². The van der Waals surface area contributed by atoms with E-state index in [1.165, 1.54) is 0 Å². The summed E-state index contributed by atoms with van der Waals surface area (Å²) in [5, 5.41) is 10.5. The molecule has 4 nitrogen and oxygen atoms in total. The second kappa shape index (κ2) is 5.20. The van der Waals surface area contributed by atoms with E-state index in [1.807, 2.05) is 52.8 Å². The predicted molar refractivity (Wildman–Crippen MR) is 91.3 cm³/mol. The first-order valence-electron chi connectivity index (χ1n) is 8.39. The lowest BCUT2D eigenvalue weighted by molar-refractivity contribution is -0.163. The summed E-state index contributed by atoms with van der Waals surface area (Å²) >= 11 is 0. The molecule has 1 atom stereocenters. The van der Waals surface area contributed by atoms with Crippen molar-refractivity contribution in [3.63, 3.8) is 0 Å². The Kier molecular flexibility index (Phi) is 3.63. The first kappa shape index (κ1) is 16.7. The van der Waals surface area contributed by atoms with Crippen molar-refractivity contribution in [2.75, 3.05) is 0 Å². The minimum atomic E-state index is -0.843. The Labute approximate surface area is 142 Å². The maximum Gasteiger partial charge on any atom is 0.307 e. The summed E-state index contributed by atoms with van der Waals surface area (Å²) in [5.74, 6) is -0.762. The monoisotopic (exact) mass is 328 g/mol. The van der Waals surface area contributed by atoms with Crippen LogP contribution in [0.4, 0.5) is 0 Å². The summed E-state index contributed by atoms with van der Waals surface area (Å²) in [7, 11) is 0. The number of carbonyl (C=O) groups excluding carboxylic acids is 2. The van der Waals surface area contributed by atoms with Crippen LogP contribution in [-0.2, 0) is 14.3 Å². The number of esters is 1. The highest BCUT2D eigenvalue weighted by atomic mass is 16.6. The molecule has 1 heterocycles. The number of aliphatic hydroxyl groups excluding tert-OH is 1. The van der Waals surface area contributed by atoms with Gasteiger partial charge in [0.2, 0.25) is 5.78 Å². The molecule has 2 aliphatic carbocycles. The zero-order valence-electron chi connectivity index (χ0n) is 14.9. The van der Waals surface area contributed by atoms with Gasteiger partial charge in [-0.1, -0.05) is 39.8 Å². The second-order valence-corrected chi connectivity index (χ2v) is 8.06. The Bertz CT molecular complexity index is 759. The van der Waals surface area contributed by atoms with Crippen LogP contribution in [0.2, 0.25) is 0 Å². The van der Waals surface area contributed by atoms with Crippen molar-refractivity contribution in [2.24, 2.45) is 11.3 Å². The van der Waals surface area contributed by atoms with Gasteiger partial charge in [-0.2, -0.15) is 0 Å². The fourth-order valence-corrected chi connectivity index (χ4v) is 4.05. The minimum Gasteiger partial charge on any atom is -0.504 e. The van der Waals surface area contributed by atoms with Crippen LogP contribution in [0.1, 0.15) is 47.5 Å². The lowest BCUT2D eigenvalue weighted by atomic mass is 9.69. The number of aliphatic hydroxyl groups is 1. The quantitative estimate of drug-likeness (QED) is 0.740. The highest BCUT2D eigenvalue weighted by Crippen LogP contribution is 2.49. The molecule has 0 unspecified atom stereocenters. The van der Waals surface area contributed by atoms with Gasteiger partial charge in [-0.15, -0.1) is 0 Å². The minimum absolute atomic E-state index is 0.0325. The number of ether oxygens (including phenoxy) is 1. The van der Waals surface area contributed by atoms with Gasteiger partial charge in [0.05, 0.1) is 6.42 Å².